The first kappa shape index (κ1) is 22.9. The molecule has 35 heavy (non-hydrogen) atoms. The number of methoxy groups -OCH3 is 1. The second-order valence-electron chi connectivity index (χ2n) is 7.90. The number of carbonyl (C=O) groups excluding carboxylic acids is 1. The average molecular weight is 506 g/mol. The van der Waals surface area contributed by atoms with Gasteiger partial charge in [0.25, 0.3) is 0 Å². The van der Waals surface area contributed by atoms with E-state index in [0.717, 1.165) is 11.3 Å². The molecule has 0 saturated carbocycles. The van der Waals surface area contributed by atoms with Crippen LogP contribution in [0.4, 0.5) is 5.69 Å². The molecular weight excluding hydrogens is 486 g/mol. The van der Waals surface area contributed by atoms with Crippen LogP contribution in [0.25, 0.3) is 11.3 Å². The molecule has 2 atom stereocenters. The van der Waals surface area contributed by atoms with Crippen molar-refractivity contribution in [3.05, 3.63) is 101 Å². The fourth-order valence-electron chi connectivity index (χ4n) is 4.18. The number of rotatable bonds is 5. The van der Waals surface area contributed by atoms with E-state index in [9.17, 15) is 9.90 Å². The van der Waals surface area contributed by atoms with Crippen LogP contribution < -0.4 is 10.2 Å². The number of benzene rings is 2. The van der Waals surface area contributed by atoms with Crippen molar-refractivity contribution < 1.29 is 19.1 Å². The van der Waals surface area contributed by atoms with Gasteiger partial charge in [-0.1, -0.05) is 29.8 Å². The highest BCUT2D eigenvalue weighted by atomic mass is 35.5. The molecule has 1 fully saturated rings. The maximum atomic E-state index is 12.0. The number of aromatic hydroxyl groups is 1. The highest BCUT2D eigenvalue weighted by molar-refractivity contribution is 7.80. The zero-order valence-electron chi connectivity index (χ0n) is 18.5. The first-order valence-electron chi connectivity index (χ1n) is 10.7. The maximum absolute atomic E-state index is 12.0. The molecule has 2 aromatic heterocycles. The van der Waals surface area contributed by atoms with Crippen LogP contribution in [0.3, 0.4) is 0 Å². The lowest BCUT2D eigenvalue weighted by molar-refractivity contribution is 0.0601. The van der Waals surface area contributed by atoms with E-state index in [1.165, 1.54) is 13.2 Å². The fraction of sp³-hybridized carbons (Fsp3) is 0.115. The van der Waals surface area contributed by atoms with Gasteiger partial charge in [-0.15, -0.1) is 0 Å². The van der Waals surface area contributed by atoms with E-state index in [1.54, 1.807) is 41.4 Å². The van der Waals surface area contributed by atoms with Gasteiger partial charge in [0.15, 0.2) is 5.11 Å². The summed E-state index contributed by atoms with van der Waals surface area (Å²) in [5, 5.41) is 14.8. The van der Waals surface area contributed by atoms with E-state index in [0.29, 0.717) is 32.9 Å². The third-order valence-corrected chi connectivity index (χ3v) is 6.33. The van der Waals surface area contributed by atoms with Gasteiger partial charge >= 0.3 is 5.97 Å². The first-order chi connectivity index (χ1) is 17.0. The predicted molar refractivity (Wildman–Crippen MR) is 137 cm³/mol. The smallest absolute Gasteiger partial charge is 0.337 e. The zero-order valence-corrected chi connectivity index (χ0v) is 20.1. The summed E-state index contributed by atoms with van der Waals surface area (Å²) < 4.78 is 11.1. The van der Waals surface area contributed by atoms with Crippen molar-refractivity contribution in [3.63, 3.8) is 0 Å². The summed E-state index contributed by atoms with van der Waals surface area (Å²) in [5.41, 5.74) is 2.35. The van der Waals surface area contributed by atoms with E-state index >= 15 is 0 Å². The number of furan rings is 1. The summed E-state index contributed by atoms with van der Waals surface area (Å²) in [6, 6.07) is 20.3. The molecule has 1 aliphatic heterocycles. The second-order valence-corrected chi connectivity index (χ2v) is 8.73. The van der Waals surface area contributed by atoms with Gasteiger partial charge in [0.05, 0.1) is 30.1 Å². The third-order valence-electron chi connectivity index (χ3n) is 5.78. The standard InChI is InChI=1S/C26H20ClN3O4S/c1-33-25(32)16-6-4-5-15(13-16)21-10-11-22(34-21)24-23(18-7-2-3-12-28-18)29-26(35)30(24)19-14-17(27)8-9-20(19)31/h2-14,23-24,31H,1H3,(H,29,35). The Morgan fingerprint density at radius 1 is 1.14 bits per heavy atom. The van der Waals surface area contributed by atoms with Crippen molar-refractivity contribution in [2.75, 3.05) is 12.0 Å². The number of esters is 1. The number of anilines is 1. The summed E-state index contributed by atoms with van der Waals surface area (Å²) in [5.74, 6) is 0.758. The summed E-state index contributed by atoms with van der Waals surface area (Å²) in [4.78, 5) is 18.3. The minimum Gasteiger partial charge on any atom is -0.506 e. The van der Waals surface area contributed by atoms with Crippen molar-refractivity contribution in [1.82, 2.24) is 10.3 Å². The lowest BCUT2D eigenvalue weighted by atomic mass is 10.0. The largest absolute Gasteiger partial charge is 0.506 e. The Balaban J connectivity index is 1.60. The van der Waals surface area contributed by atoms with Crippen LogP contribution in [0.2, 0.25) is 5.02 Å². The first-order valence-corrected chi connectivity index (χ1v) is 11.5. The molecule has 2 N–H and O–H groups in total. The number of halogens is 1. The van der Waals surface area contributed by atoms with Gasteiger partial charge in [0, 0.05) is 16.8 Å². The topological polar surface area (TPSA) is 87.8 Å². The third kappa shape index (κ3) is 4.34. The Morgan fingerprint density at radius 3 is 2.77 bits per heavy atom. The van der Waals surface area contributed by atoms with Crippen LogP contribution >= 0.6 is 23.8 Å². The number of nitrogens with one attached hydrogen (secondary N) is 1. The van der Waals surface area contributed by atoms with Crippen LogP contribution in [0.5, 0.6) is 5.75 Å². The minimum absolute atomic E-state index is 0.0304. The SMILES string of the molecule is COC(=O)c1cccc(-c2ccc(C3C(c4ccccn4)NC(=S)N3c3cc(Cl)ccc3O)o2)c1. The molecule has 9 heteroatoms. The Labute approximate surface area is 211 Å². The summed E-state index contributed by atoms with van der Waals surface area (Å²) >= 11 is 11.9. The number of hydrogen-bond donors (Lipinski definition) is 2. The summed E-state index contributed by atoms with van der Waals surface area (Å²) in [6.45, 7) is 0. The molecule has 4 aromatic rings. The molecule has 2 unspecified atom stereocenters. The van der Waals surface area contributed by atoms with Crippen LogP contribution in [-0.2, 0) is 4.74 Å². The van der Waals surface area contributed by atoms with Gasteiger partial charge in [-0.05, 0) is 66.8 Å². The van der Waals surface area contributed by atoms with Crippen LogP contribution in [-0.4, -0.2) is 28.3 Å². The van der Waals surface area contributed by atoms with E-state index in [-0.39, 0.29) is 11.8 Å². The molecule has 1 saturated heterocycles. The molecule has 0 radical (unpaired) electrons. The number of thiocarbonyl (C=S) groups is 1. The number of nitrogens with zero attached hydrogens (tertiary/aromatic N) is 2. The van der Waals surface area contributed by atoms with Crippen molar-refractivity contribution in [3.8, 4) is 17.1 Å². The Bertz CT molecular complexity index is 1410. The summed E-state index contributed by atoms with van der Waals surface area (Å²) in [7, 11) is 1.34. The van der Waals surface area contributed by atoms with Crippen LogP contribution in [0, 0.1) is 0 Å². The lowest BCUT2D eigenvalue weighted by Crippen LogP contribution is -2.29. The molecule has 0 bridgehead atoms. The van der Waals surface area contributed by atoms with Gasteiger partial charge in [-0.2, -0.15) is 0 Å². The lowest BCUT2D eigenvalue weighted by Gasteiger charge is -2.26. The van der Waals surface area contributed by atoms with Crippen molar-refractivity contribution in [2.45, 2.75) is 12.1 Å². The number of ether oxygens (including phenoxy) is 1. The molecule has 176 valence electrons. The molecular formula is C26H20ClN3O4S. The van der Waals surface area contributed by atoms with Gasteiger partial charge in [-0.3, -0.25) is 4.98 Å². The van der Waals surface area contributed by atoms with Crippen molar-refractivity contribution >= 4 is 40.6 Å². The molecule has 0 aliphatic carbocycles. The van der Waals surface area contributed by atoms with Gasteiger partial charge in [0.2, 0.25) is 0 Å². The molecule has 2 aromatic carbocycles. The van der Waals surface area contributed by atoms with Gasteiger partial charge < -0.3 is 24.5 Å². The Hall–Kier alpha value is -3.88. The highest BCUT2D eigenvalue weighted by Crippen LogP contribution is 2.45. The molecule has 5 rings (SSSR count). The zero-order chi connectivity index (χ0) is 24.5. The average Bonchev–Trinajstić information content (AvgIpc) is 3.50. The van der Waals surface area contributed by atoms with Crippen LogP contribution in [0.1, 0.15) is 33.9 Å². The van der Waals surface area contributed by atoms with E-state index in [2.05, 4.69) is 10.3 Å². The highest BCUT2D eigenvalue weighted by Gasteiger charge is 2.43. The molecule has 1 aliphatic rings. The maximum Gasteiger partial charge on any atom is 0.337 e. The minimum atomic E-state index is -0.473. The molecule has 0 amide bonds. The van der Waals surface area contributed by atoms with E-state index < -0.39 is 12.0 Å². The number of hydrogen-bond acceptors (Lipinski definition) is 6. The number of aromatic nitrogens is 1. The Morgan fingerprint density at radius 2 is 2.00 bits per heavy atom. The van der Waals surface area contributed by atoms with Gasteiger partial charge in [0.1, 0.15) is 23.3 Å². The van der Waals surface area contributed by atoms with Crippen molar-refractivity contribution in [2.24, 2.45) is 0 Å². The normalized spacial score (nSPS) is 17.3. The molecule has 3 heterocycles. The molecule has 0 spiro atoms. The second kappa shape index (κ2) is 9.40. The Kier molecular flexibility index (Phi) is 6.15. The monoisotopic (exact) mass is 505 g/mol. The molecule has 7 nitrogen and oxygen atoms in total. The number of phenolic OH excluding ortho intramolecular Hbond substituents is 1. The summed E-state index contributed by atoms with van der Waals surface area (Å²) in [6.07, 6.45) is 1.71. The van der Waals surface area contributed by atoms with Gasteiger partial charge in [-0.25, -0.2) is 4.79 Å². The fourth-order valence-corrected chi connectivity index (χ4v) is 4.68. The van der Waals surface area contributed by atoms with Crippen molar-refractivity contribution in [1.29, 1.82) is 0 Å². The van der Waals surface area contributed by atoms with E-state index in [4.69, 9.17) is 33.0 Å². The quantitative estimate of drug-likeness (QED) is 0.265. The van der Waals surface area contributed by atoms with E-state index in [1.807, 2.05) is 36.4 Å². The van der Waals surface area contributed by atoms with Crippen LogP contribution in [0.15, 0.2) is 83.4 Å². The predicted octanol–water partition coefficient (Wildman–Crippen LogP) is 5.66. The number of carbonyl (C=O) groups is 1. The number of phenols is 1. The number of pyridine rings is 1.